The van der Waals surface area contributed by atoms with Crippen LogP contribution in [0.25, 0.3) is 10.6 Å². The Balaban J connectivity index is 1.61. The van der Waals surface area contributed by atoms with Crippen LogP contribution in [-0.4, -0.2) is 64.2 Å². The number of amides is 1. The van der Waals surface area contributed by atoms with E-state index in [9.17, 15) is 19.5 Å². The molecule has 1 aliphatic heterocycles. The Labute approximate surface area is 201 Å². The third-order valence-corrected chi connectivity index (χ3v) is 6.85. The molecule has 2 aliphatic rings. The van der Waals surface area contributed by atoms with Crippen LogP contribution < -0.4 is 0 Å². The molecular weight excluding hydrogens is 456 g/mol. The molecule has 1 aromatic carbocycles. The van der Waals surface area contributed by atoms with E-state index in [1.165, 1.54) is 18.4 Å². The second-order valence-corrected chi connectivity index (χ2v) is 10.6. The first-order valence-electron chi connectivity index (χ1n) is 10.9. The largest absolute Gasteiger partial charge is 0.464 e. The van der Waals surface area contributed by atoms with Crippen molar-refractivity contribution in [3.63, 3.8) is 0 Å². The van der Waals surface area contributed by atoms with Crippen molar-refractivity contribution in [3.05, 3.63) is 40.4 Å². The predicted octanol–water partition coefficient (Wildman–Crippen LogP) is 2.42. The molecule has 0 radical (unpaired) electrons. The summed E-state index contributed by atoms with van der Waals surface area (Å²) in [7, 11) is 2.94. The first kappa shape index (κ1) is 23.9. The molecule has 1 aliphatic carbocycles. The number of fused-ring (bicyclic) bond motifs is 1. The van der Waals surface area contributed by atoms with Gasteiger partial charge in [0.25, 0.3) is 5.91 Å². The van der Waals surface area contributed by atoms with E-state index in [0.717, 1.165) is 6.42 Å². The molecule has 8 nitrogen and oxygen atoms in total. The molecule has 178 valence electrons. The number of likely N-dealkylation sites (N-methyl/N-ethyl adjacent to an activating group) is 1. The molecule has 34 heavy (non-hydrogen) atoms. The Kier molecular flexibility index (Phi) is 6.00. The highest BCUT2D eigenvalue weighted by Crippen LogP contribution is 2.50. The highest BCUT2D eigenvalue weighted by atomic mass is 32.1. The summed E-state index contributed by atoms with van der Waals surface area (Å²) in [5, 5.41) is 11.3. The van der Waals surface area contributed by atoms with Crippen LogP contribution in [0.15, 0.2) is 24.3 Å². The van der Waals surface area contributed by atoms with Crippen LogP contribution in [-0.2, 0) is 25.5 Å². The number of hydrogen-bond acceptors (Lipinski definition) is 8. The van der Waals surface area contributed by atoms with Crippen molar-refractivity contribution in [2.24, 2.45) is 5.92 Å². The molecule has 0 bridgehead atoms. The number of benzene rings is 1. The minimum absolute atomic E-state index is 0.0635. The van der Waals surface area contributed by atoms with Gasteiger partial charge in [-0.05, 0) is 39.3 Å². The summed E-state index contributed by atoms with van der Waals surface area (Å²) < 4.78 is 10.2. The third kappa shape index (κ3) is 4.56. The van der Waals surface area contributed by atoms with Gasteiger partial charge in [0.05, 0.1) is 18.4 Å². The van der Waals surface area contributed by atoms with Crippen molar-refractivity contribution in [3.8, 4) is 22.4 Å². The number of aliphatic hydroxyl groups is 1. The lowest BCUT2D eigenvalue weighted by molar-refractivity contribution is -0.153. The number of hydrogen-bond donors (Lipinski definition) is 1. The van der Waals surface area contributed by atoms with E-state index in [4.69, 9.17) is 9.47 Å². The Hall–Kier alpha value is -3.22. The monoisotopic (exact) mass is 482 g/mol. The summed E-state index contributed by atoms with van der Waals surface area (Å²) >= 11 is 1.20. The van der Waals surface area contributed by atoms with Crippen molar-refractivity contribution in [1.82, 2.24) is 9.88 Å². The minimum Gasteiger partial charge on any atom is -0.464 e. The zero-order valence-electron chi connectivity index (χ0n) is 19.7. The predicted molar refractivity (Wildman–Crippen MR) is 125 cm³/mol. The standard InChI is InChI=1S/C25H26N2O6S/c1-24(2,3)33-19(28)13-18-20(22(29)32-5)26-21(34-18)15-8-6-7-14(11-15)9-10-25(31)16-12-17(16)27(4)23(25)30/h6-8,11,16-17,31H,12-13H2,1-5H3. The first-order valence-corrected chi connectivity index (χ1v) is 11.7. The van der Waals surface area contributed by atoms with Crippen LogP contribution in [0.2, 0.25) is 0 Å². The lowest BCUT2D eigenvalue weighted by Crippen LogP contribution is -2.41. The van der Waals surface area contributed by atoms with Crippen LogP contribution in [0.1, 0.15) is 48.1 Å². The van der Waals surface area contributed by atoms with E-state index in [1.54, 1.807) is 50.9 Å². The second-order valence-electron chi connectivity index (χ2n) is 9.47. The van der Waals surface area contributed by atoms with Crippen LogP contribution in [0.3, 0.4) is 0 Å². The van der Waals surface area contributed by atoms with Crippen LogP contribution in [0.4, 0.5) is 0 Å². The summed E-state index contributed by atoms with van der Waals surface area (Å²) in [4.78, 5) is 43.4. The first-order chi connectivity index (χ1) is 15.9. The van der Waals surface area contributed by atoms with Crippen LogP contribution >= 0.6 is 11.3 Å². The van der Waals surface area contributed by atoms with Crippen LogP contribution in [0.5, 0.6) is 0 Å². The maximum Gasteiger partial charge on any atom is 0.357 e. The van der Waals surface area contributed by atoms with Gasteiger partial charge < -0.3 is 19.5 Å². The number of carbonyl (C=O) groups is 3. The lowest BCUT2D eigenvalue weighted by Gasteiger charge is -2.19. The number of carbonyl (C=O) groups excluding carboxylic acids is 3. The Bertz CT molecular complexity index is 1230. The molecular formula is C25H26N2O6S. The molecule has 1 aromatic heterocycles. The SMILES string of the molecule is COC(=O)c1nc(-c2cccc(C#CC3(O)C(=O)N(C)C4CC43)c2)sc1CC(=O)OC(C)(C)C. The topological polar surface area (TPSA) is 106 Å². The zero-order chi connectivity index (χ0) is 24.8. The van der Waals surface area contributed by atoms with Gasteiger partial charge in [-0.1, -0.05) is 24.0 Å². The molecule has 2 aromatic rings. The van der Waals surface area contributed by atoms with Crippen molar-refractivity contribution in [2.45, 2.75) is 50.9 Å². The minimum atomic E-state index is -1.66. The summed E-state index contributed by atoms with van der Waals surface area (Å²) in [5.41, 5.74) is -0.964. The fraction of sp³-hybridized carbons (Fsp3) is 0.440. The molecule has 3 unspecified atom stereocenters. The van der Waals surface area contributed by atoms with E-state index < -0.39 is 23.1 Å². The van der Waals surface area contributed by atoms with Crippen molar-refractivity contribution in [2.75, 3.05) is 14.2 Å². The number of rotatable bonds is 4. The van der Waals surface area contributed by atoms with Crippen molar-refractivity contribution < 1.29 is 29.0 Å². The lowest BCUT2D eigenvalue weighted by atomic mass is 9.99. The molecule has 0 spiro atoms. The maximum absolute atomic E-state index is 12.4. The van der Waals surface area contributed by atoms with Gasteiger partial charge in [0.15, 0.2) is 5.69 Å². The van der Waals surface area contributed by atoms with Crippen molar-refractivity contribution >= 4 is 29.2 Å². The van der Waals surface area contributed by atoms with Gasteiger partial charge in [0, 0.05) is 30.1 Å². The molecule has 1 N–H and O–H groups in total. The fourth-order valence-electron chi connectivity index (χ4n) is 4.04. The third-order valence-electron chi connectivity index (χ3n) is 5.75. The molecule has 9 heteroatoms. The van der Waals surface area contributed by atoms with Gasteiger partial charge in [0.1, 0.15) is 10.6 Å². The highest BCUT2D eigenvalue weighted by Gasteiger charge is 2.66. The van der Waals surface area contributed by atoms with E-state index in [0.29, 0.717) is 21.0 Å². The van der Waals surface area contributed by atoms with Crippen molar-refractivity contribution in [1.29, 1.82) is 0 Å². The number of methoxy groups -OCH3 is 1. The molecule has 2 heterocycles. The summed E-state index contributed by atoms with van der Waals surface area (Å²) in [6, 6.07) is 7.18. The fourth-order valence-corrected chi connectivity index (χ4v) is 5.07. The Morgan fingerprint density at radius 1 is 1.35 bits per heavy atom. The number of nitrogens with zero attached hydrogens (tertiary/aromatic N) is 2. The number of aromatic nitrogens is 1. The van der Waals surface area contributed by atoms with Gasteiger partial charge >= 0.3 is 11.9 Å². The summed E-state index contributed by atoms with van der Waals surface area (Å²) in [6.07, 6.45) is 0.646. The molecule has 1 saturated carbocycles. The molecule has 3 atom stereocenters. The van der Waals surface area contributed by atoms with Gasteiger partial charge in [-0.15, -0.1) is 11.3 Å². The Morgan fingerprint density at radius 3 is 2.71 bits per heavy atom. The van der Waals surface area contributed by atoms with Gasteiger partial charge in [-0.3, -0.25) is 9.59 Å². The smallest absolute Gasteiger partial charge is 0.357 e. The number of piperidine rings is 1. The van der Waals surface area contributed by atoms with E-state index in [-0.39, 0.29) is 30.0 Å². The Morgan fingerprint density at radius 2 is 2.09 bits per heavy atom. The molecule has 1 saturated heterocycles. The normalized spacial score (nSPS) is 23.1. The van der Waals surface area contributed by atoms with Gasteiger partial charge in [-0.2, -0.15) is 0 Å². The van der Waals surface area contributed by atoms with E-state index in [2.05, 4.69) is 16.8 Å². The maximum atomic E-state index is 12.4. The van der Waals surface area contributed by atoms with Crippen LogP contribution in [0, 0.1) is 17.8 Å². The molecule has 2 fully saturated rings. The average Bonchev–Trinajstić information content (AvgIpc) is 3.44. The number of esters is 2. The van der Waals surface area contributed by atoms with Gasteiger partial charge in [0.2, 0.25) is 5.60 Å². The molecule has 4 rings (SSSR count). The summed E-state index contributed by atoms with van der Waals surface area (Å²) in [6.45, 7) is 5.31. The van der Waals surface area contributed by atoms with E-state index >= 15 is 0 Å². The number of likely N-dealkylation sites (tertiary alicyclic amines) is 1. The summed E-state index contributed by atoms with van der Waals surface area (Å²) in [5.74, 6) is 4.07. The van der Waals surface area contributed by atoms with Gasteiger partial charge in [-0.25, -0.2) is 9.78 Å². The highest BCUT2D eigenvalue weighted by molar-refractivity contribution is 7.15. The quantitative estimate of drug-likeness (QED) is 0.527. The van der Waals surface area contributed by atoms with E-state index in [1.807, 2.05) is 6.07 Å². The number of thiazole rings is 1. The molecule has 1 amide bonds. The average molecular weight is 483 g/mol. The zero-order valence-corrected chi connectivity index (χ0v) is 20.5. The number of ether oxygens (including phenoxy) is 2. The second kappa shape index (κ2) is 8.53.